The van der Waals surface area contributed by atoms with Crippen LogP contribution in [0, 0.1) is 5.92 Å². The number of nitrogens with two attached hydrogens (primary N) is 1. The highest BCUT2D eigenvalue weighted by Gasteiger charge is 2.35. The third kappa shape index (κ3) is 5.96. The van der Waals surface area contributed by atoms with Crippen LogP contribution in [0.1, 0.15) is 59.1 Å². The summed E-state index contributed by atoms with van der Waals surface area (Å²) in [6, 6.07) is 8.41. The summed E-state index contributed by atoms with van der Waals surface area (Å²) >= 11 is 0. The molecule has 1 aromatic rings. The summed E-state index contributed by atoms with van der Waals surface area (Å²) in [4.78, 5) is 12.2. The van der Waals surface area contributed by atoms with E-state index in [2.05, 4.69) is 50.4 Å². The van der Waals surface area contributed by atoms with Crippen molar-refractivity contribution in [3.8, 4) is 0 Å². The molecular weight excluding hydrogens is 288 g/mol. The number of ether oxygens (including phenoxy) is 1. The maximum absolute atomic E-state index is 12.2. The van der Waals surface area contributed by atoms with Gasteiger partial charge in [-0.05, 0) is 35.8 Å². The van der Waals surface area contributed by atoms with Crippen molar-refractivity contribution in [1.82, 2.24) is 5.32 Å². The van der Waals surface area contributed by atoms with Gasteiger partial charge in [-0.25, -0.2) is 4.79 Å². The number of benzene rings is 1. The molecule has 0 aromatic heterocycles. The molecule has 130 valence electrons. The summed E-state index contributed by atoms with van der Waals surface area (Å²) < 4.78 is 5.13. The molecule has 0 aliphatic rings. The second-order valence-corrected chi connectivity index (χ2v) is 7.59. The van der Waals surface area contributed by atoms with E-state index in [1.165, 1.54) is 5.56 Å². The summed E-state index contributed by atoms with van der Waals surface area (Å²) in [5.41, 5.74) is 7.66. The number of hydrogen-bond donors (Lipinski definition) is 2. The third-order valence-corrected chi connectivity index (χ3v) is 3.80. The predicted octanol–water partition coefficient (Wildman–Crippen LogP) is 3.34. The molecule has 0 aliphatic heterocycles. The molecule has 0 spiro atoms. The van der Waals surface area contributed by atoms with Gasteiger partial charge in [-0.1, -0.05) is 58.9 Å². The number of nitrogens with one attached hydrogen (secondary N) is 1. The van der Waals surface area contributed by atoms with E-state index in [1.807, 2.05) is 13.8 Å². The van der Waals surface area contributed by atoms with E-state index in [0.29, 0.717) is 25.5 Å². The summed E-state index contributed by atoms with van der Waals surface area (Å²) in [6.45, 7) is 13.3. The van der Waals surface area contributed by atoms with Crippen molar-refractivity contribution in [2.45, 2.75) is 65.6 Å². The molecule has 4 nitrogen and oxygen atoms in total. The number of rotatable bonds is 7. The fraction of sp³-hybridized carbons (Fsp3) is 0.632. The van der Waals surface area contributed by atoms with Crippen LogP contribution >= 0.6 is 0 Å². The lowest BCUT2D eigenvalue weighted by molar-refractivity contribution is -0.152. The average Bonchev–Trinajstić information content (AvgIpc) is 2.44. The van der Waals surface area contributed by atoms with Crippen LogP contribution in [0.5, 0.6) is 0 Å². The average molecular weight is 320 g/mol. The molecule has 1 atom stereocenters. The standard InChI is InChI=1S/C19H32N2O2/c1-7-23-17(22)19(20,12-14(2)3)21-13-15-8-10-16(11-9-15)18(4,5)6/h8-11,14,21H,7,12-13,20H2,1-6H3/t19-/m1/s1. The Bertz CT molecular complexity index is 503. The monoisotopic (exact) mass is 320 g/mol. The summed E-state index contributed by atoms with van der Waals surface area (Å²) in [6.07, 6.45) is 0.534. The molecule has 0 unspecified atom stereocenters. The van der Waals surface area contributed by atoms with Gasteiger partial charge in [-0.15, -0.1) is 0 Å². The van der Waals surface area contributed by atoms with Crippen molar-refractivity contribution >= 4 is 5.97 Å². The van der Waals surface area contributed by atoms with Gasteiger partial charge >= 0.3 is 5.97 Å². The van der Waals surface area contributed by atoms with E-state index in [1.54, 1.807) is 6.92 Å². The van der Waals surface area contributed by atoms with Gasteiger partial charge in [0.05, 0.1) is 6.61 Å². The quantitative estimate of drug-likeness (QED) is 0.597. The van der Waals surface area contributed by atoms with Gasteiger partial charge in [0.25, 0.3) is 0 Å². The van der Waals surface area contributed by atoms with Crippen molar-refractivity contribution in [3.05, 3.63) is 35.4 Å². The zero-order valence-corrected chi connectivity index (χ0v) is 15.4. The second kappa shape index (κ2) is 7.93. The highest BCUT2D eigenvalue weighted by Crippen LogP contribution is 2.22. The predicted molar refractivity (Wildman–Crippen MR) is 95.0 cm³/mol. The minimum atomic E-state index is -1.15. The molecular formula is C19H32N2O2. The van der Waals surface area contributed by atoms with Crippen molar-refractivity contribution < 1.29 is 9.53 Å². The molecule has 0 heterocycles. The highest BCUT2D eigenvalue weighted by atomic mass is 16.5. The first-order valence-electron chi connectivity index (χ1n) is 8.39. The molecule has 4 heteroatoms. The van der Waals surface area contributed by atoms with Gasteiger partial charge in [-0.2, -0.15) is 0 Å². The van der Waals surface area contributed by atoms with E-state index >= 15 is 0 Å². The number of carbonyl (C=O) groups is 1. The Morgan fingerprint density at radius 2 is 1.78 bits per heavy atom. The molecule has 1 rings (SSSR count). The van der Waals surface area contributed by atoms with Crippen LogP contribution in [0.25, 0.3) is 0 Å². The van der Waals surface area contributed by atoms with Crippen LogP contribution in [0.15, 0.2) is 24.3 Å². The molecule has 0 radical (unpaired) electrons. The number of hydrogen-bond acceptors (Lipinski definition) is 4. The minimum Gasteiger partial charge on any atom is -0.464 e. The molecule has 23 heavy (non-hydrogen) atoms. The SMILES string of the molecule is CCOC(=O)[C@@](N)(CC(C)C)NCc1ccc(C(C)(C)C)cc1. The number of carbonyl (C=O) groups excluding carboxylic acids is 1. The van der Waals surface area contributed by atoms with E-state index in [-0.39, 0.29) is 11.4 Å². The lowest BCUT2D eigenvalue weighted by atomic mass is 9.86. The number of esters is 1. The molecule has 0 saturated heterocycles. The van der Waals surface area contributed by atoms with Gasteiger partial charge < -0.3 is 10.5 Å². The fourth-order valence-electron chi connectivity index (χ4n) is 2.51. The Morgan fingerprint density at radius 1 is 1.22 bits per heavy atom. The van der Waals surface area contributed by atoms with Crippen LogP contribution in [-0.2, 0) is 21.5 Å². The maximum atomic E-state index is 12.2. The summed E-state index contributed by atoms with van der Waals surface area (Å²) in [7, 11) is 0. The minimum absolute atomic E-state index is 0.131. The van der Waals surface area contributed by atoms with Gasteiger partial charge in [0, 0.05) is 6.54 Å². The molecule has 3 N–H and O–H groups in total. The van der Waals surface area contributed by atoms with E-state index in [0.717, 1.165) is 5.56 Å². The van der Waals surface area contributed by atoms with Crippen molar-refractivity contribution in [3.63, 3.8) is 0 Å². The Morgan fingerprint density at radius 3 is 2.22 bits per heavy atom. The Labute approximate surface area is 140 Å². The zero-order valence-electron chi connectivity index (χ0n) is 15.4. The molecule has 0 saturated carbocycles. The maximum Gasteiger partial charge on any atom is 0.341 e. The smallest absolute Gasteiger partial charge is 0.341 e. The normalized spacial score (nSPS) is 14.6. The highest BCUT2D eigenvalue weighted by molar-refractivity contribution is 5.80. The third-order valence-electron chi connectivity index (χ3n) is 3.80. The van der Waals surface area contributed by atoms with Gasteiger partial charge in [0.1, 0.15) is 0 Å². The van der Waals surface area contributed by atoms with Crippen molar-refractivity contribution in [1.29, 1.82) is 0 Å². The first-order valence-corrected chi connectivity index (χ1v) is 8.39. The largest absolute Gasteiger partial charge is 0.464 e. The van der Waals surface area contributed by atoms with Crippen LogP contribution in [0.4, 0.5) is 0 Å². The van der Waals surface area contributed by atoms with Crippen molar-refractivity contribution in [2.75, 3.05) is 6.61 Å². The Hall–Kier alpha value is -1.39. The van der Waals surface area contributed by atoms with Gasteiger partial charge in [0.15, 0.2) is 5.66 Å². The van der Waals surface area contributed by atoms with Crippen molar-refractivity contribution in [2.24, 2.45) is 11.7 Å². The second-order valence-electron chi connectivity index (χ2n) is 7.59. The molecule has 0 aliphatic carbocycles. The molecule has 0 fully saturated rings. The van der Waals surface area contributed by atoms with Crippen LogP contribution < -0.4 is 11.1 Å². The van der Waals surface area contributed by atoms with Gasteiger partial charge in [0.2, 0.25) is 0 Å². The first-order chi connectivity index (χ1) is 10.6. The van der Waals surface area contributed by atoms with E-state index in [4.69, 9.17) is 10.5 Å². The van der Waals surface area contributed by atoms with Crippen LogP contribution in [0.2, 0.25) is 0 Å². The first kappa shape index (κ1) is 19.7. The fourth-order valence-corrected chi connectivity index (χ4v) is 2.51. The van der Waals surface area contributed by atoms with Crippen LogP contribution in [0.3, 0.4) is 0 Å². The van der Waals surface area contributed by atoms with Crippen LogP contribution in [-0.4, -0.2) is 18.2 Å². The molecule has 0 amide bonds. The van der Waals surface area contributed by atoms with Gasteiger partial charge in [-0.3, -0.25) is 5.32 Å². The summed E-state index contributed by atoms with van der Waals surface area (Å²) in [5.74, 6) is -0.0971. The zero-order chi connectivity index (χ0) is 17.7. The summed E-state index contributed by atoms with van der Waals surface area (Å²) in [5, 5.41) is 3.19. The topological polar surface area (TPSA) is 64.3 Å². The Balaban J connectivity index is 2.80. The van der Waals surface area contributed by atoms with E-state index < -0.39 is 5.66 Å². The molecule has 0 bridgehead atoms. The Kier molecular flexibility index (Phi) is 6.78. The lowest BCUT2D eigenvalue weighted by Gasteiger charge is -2.30. The molecule has 1 aromatic carbocycles. The lowest BCUT2D eigenvalue weighted by Crippen LogP contribution is -2.60. The van der Waals surface area contributed by atoms with E-state index in [9.17, 15) is 4.79 Å².